The van der Waals surface area contributed by atoms with E-state index in [-0.39, 0.29) is 56.9 Å². The maximum absolute atomic E-state index is 11.6. The minimum Gasteiger partial charge on any atom is -0.545 e. The molecule has 0 N–H and O–H groups in total. The molecule has 0 radical (unpaired) electrons. The zero-order chi connectivity index (χ0) is 18.1. The molecule has 1 aliphatic carbocycles. The fourth-order valence-corrected chi connectivity index (χ4v) is 4.02. The number of aryl methyl sites for hydroxylation is 1. The number of carboxylic acids is 1. The van der Waals surface area contributed by atoms with Gasteiger partial charge in [-0.15, -0.1) is 0 Å². The van der Waals surface area contributed by atoms with Crippen molar-refractivity contribution in [3.8, 4) is 11.3 Å². The number of pyridine rings is 1. The standard InChI is InChI=1S/C23H23NO2.K/c1-15-7-12-21-19(13-15)20(23(25)26)14-22(24-21)18-10-8-17(9-11-18)16-5-3-2-4-6-16;/h7-14,16H,2-6H2,1H3,(H,25,26);/q;+1/p-1. The van der Waals surface area contributed by atoms with Crippen LogP contribution >= 0.6 is 0 Å². The maximum atomic E-state index is 11.6. The number of rotatable bonds is 3. The van der Waals surface area contributed by atoms with Crippen LogP contribution in [-0.2, 0) is 0 Å². The van der Waals surface area contributed by atoms with Crippen molar-refractivity contribution in [2.45, 2.75) is 44.9 Å². The van der Waals surface area contributed by atoms with E-state index in [2.05, 4.69) is 29.2 Å². The first-order chi connectivity index (χ1) is 12.6. The molecule has 0 bridgehead atoms. The molecule has 4 heteroatoms. The van der Waals surface area contributed by atoms with E-state index in [9.17, 15) is 9.90 Å². The van der Waals surface area contributed by atoms with Gasteiger partial charge in [-0.1, -0.05) is 55.2 Å². The topological polar surface area (TPSA) is 53.0 Å². The molecule has 27 heavy (non-hydrogen) atoms. The maximum Gasteiger partial charge on any atom is 1.00 e. The summed E-state index contributed by atoms with van der Waals surface area (Å²) in [5.74, 6) is -0.507. The van der Waals surface area contributed by atoms with Crippen LogP contribution in [0.3, 0.4) is 0 Å². The summed E-state index contributed by atoms with van der Waals surface area (Å²) in [5, 5.41) is 12.3. The summed E-state index contributed by atoms with van der Waals surface area (Å²) >= 11 is 0. The number of hydrogen-bond acceptors (Lipinski definition) is 3. The molecule has 1 fully saturated rings. The van der Waals surface area contributed by atoms with Crippen LogP contribution in [0.4, 0.5) is 0 Å². The fraction of sp³-hybridized carbons (Fsp3) is 0.304. The van der Waals surface area contributed by atoms with Crippen LogP contribution in [0.5, 0.6) is 0 Å². The van der Waals surface area contributed by atoms with Crippen molar-refractivity contribution < 1.29 is 61.3 Å². The molecule has 1 saturated carbocycles. The summed E-state index contributed by atoms with van der Waals surface area (Å²) in [6.45, 7) is 1.94. The fourth-order valence-electron chi connectivity index (χ4n) is 4.02. The Kier molecular flexibility index (Phi) is 6.87. The molecule has 2 aromatic carbocycles. The van der Waals surface area contributed by atoms with Gasteiger partial charge in [-0.05, 0) is 49.4 Å². The summed E-state index contributed by atoms with van der Waals surface area (Å²) in [6.07, 6.45) is 6.50. The summed E-state index contributed by atoms with van der Waals surface area (Å²) in [7, 11) is 0. The van der Waals surface area contributed by atoms with Gasteiger partial charge in [0.05, 0.1) is 17.2 Å². The summed E-state index contributed by atoms with van der Waals surface area (Å²) in [5.41, 5.74) is 4.88. The molecule has 0 atom stereocenters. The van der Waals surface area contributed by atoms with Gasteiger partial charge < -0.3 is 9.90 Å². The number of fused-ring (bicyclic) bond motifs is 1. The van der Waals surface area contributed by atoms with Crippen LogP contribution in [0.25, 0.3) is 22.2 Å². The Morgan fingerprint density at radius 1 is 1.00 bits per heavy atom. The third kappa shape index (κ3) is 4.52. The van der Waals surface area contributed by atoms with E-state index < -0.39 is 5.97 Å². The van der Waals surface area contributed by atoms with Gasteiger partial charge in [-0.2, -0.15) is 0 Å². The van der Waals surface area contributed by atoms with Crippen LogP contribution in [-0.4, -0.2) is 11.0 Å². The SMILES string of the molecule is Cc1ccc2nc(-c3ccc(C4CCCCC4)cc3)cc(C(=O)[O-])c2c1.[K+]. The van der Waals surface area contributed by atoms with Crippen molar-refractivity contribution >= 4 is 16.9 Å². The number of benzene rings is 2. The average molecular weight is 384 g/mol. The van der Waals surface area contributed by atoms with Crippen molar-refractivity contribution in [2.24, 2.45) is 0 Å². The number of carboxylic acid groups (broad SMARTS) is 1. The van der Waals surface area contributed by atoms with Gasteiger partial charge in [0.2, 0.25) is 0 Å². The number of aromatic nitrogens is 1. The van der Waals surface area contributed by atoms with Crippen LogP contribution in [0.15, 0.2) is 48.5 Å². The third-order valence-corrected chi connectivity index (χ3v) is 5.47. The zero-order valence-electron chi connectivity index (χ0n) is 16.0. The first-order valence-electron chi connectivity index (χ1n) is 9.35. The minimum absolute atomic E-state index is 0. The van der Waals surface area contributed by atoms with E-state index in [0.717, 1.165) is 11.1 Å². The normalized spacial score (nSPS) is 14.7. The second-order valence-electron chi connectivity index (χ2n) is 7.32. The number of aromatic carboxylic acids is 1. The number of carbonyl (C=O) groups is 1. The molecule has 1 aromatic heterocycles. The molecule has 3 aromatic rings. The third-order valence-electron chi connectivity index (χ3n) is 5.47. The Balaban J connectivity index is 0.00000210. The quantitative estimate of drug-likeness (QED) is 0.646. The van der Waals surface area contributed by atoms with Gasteiger partial charge in [0.25, 0.3) is 0 Å². The molecule has 1 heterocycles. The second kappa shape index (κ2) is 8.97. The Morgan fingerprint density at radius 2 is 1.70 bits per heavy atom. The van der Waals surface area contributed by atoms with Crippen LogP contribution in [0, 0.1) is 6.92 Å². The molecule has 4 rings (SSSR count). The average Bonchev–Trinajstić information content (AvgIpc) is 2.68. The molecule has 1 aliphatic rings. The predicted molar refractivity (Wildman–Crippen MR) is 102 cm³/mol. The van der Waals surface area contributed by atoms with E-state index in [0.29, 0.717) is 22.5 Å². The Bertz CT molecular complexity index is 960. The monoisotopic (exact) mass is 383 g/mol. The minimum atomic E-state index is -1.16. The van der Waals surface area contributed by atoms with Crippen molar-refractivity contribution in [2.75, 3.05) is 0 Å². The van der Waals surface area contributed by atoms with Crippen molar-refractivity contribution in [3.05, 3.63) is 65.2 Å². The number of hydrogen-bond donors (Lipinski definition) is 0. The molecule has 0 spiro atoms. The molecular formula is C23H22KNO2. The van der Waals surface area contributed by atoms with Gasteiger partial charge in [0, 0.05) is 16.5 Å². The van der Waals surface area contributed by atoms with E-state index >= 15 is 0 Å². The van der Waals surface area contributed by atoms with Crippen LogP contribution in [0.2, 0.25) is 0 Å². The molecule has 3 nitrogen and oxygen atoms in total. The predicted octanol–water partition coefficient (Wildman–Crippen LogP) is 1.63. The van der Waals surface area contributed by atoms with E-state index in [1.165, 1.54) is 37.7 Å². The molecule has 132 valence electrons. The van der Waals surface area contributed by atoms with Gasteiger partial charge in [0.15, 0.2) is 0 Å². The Labute approximate surface area is 202 Å². The zero-order valence-corrected chi connectivity index (χ0v) is 19.1. The van der Waals surface area contributed by atoms with Crippen molar-refractivity contribution in [3.63, 3.8) is 0 Å². The first-order valence-corrected chi connectivity index (χ1v) is 9.35. The molecular weight excluding hydrogens is 361 g/mol. The molecule has 0 unspecified atom stereocenters. The molecule has 0 saturated heterocycles. The van der Waals surface area contributed by atoms with Crippen LogP contribution in [0.1, 0.15) is 59.5 Å². The van der Waals surface area contributed by atoms with E-state index in [1.54, 1.807) is 6.07 Å². The number of nitrogens with zero attached hydrogens (tertiary/aromatic N) is 1. The molecule has 0 amide bonds. The Morgan fingerprint density at radius 3 is 2.37 bits per heavy atom. The first kappa shape index (κ1) is 20.7. The van der Waals surface area contributed by atoms with Gasteiger partial charge in [-0.3, -0.25) is 0 Å². The summed E-state index contributed by atoms with van der Waals surface area (Å²) in [4.78, 5) is 16.3. The van der Waals surface area contributed by atoms with E-state index in [4.69, 9.17) is 0 Å². The van der Waals surface area contributed by atoms with Gasteiger partial charge in [0.1, 0.15) is 0 Å². The number of carbonyl (C=O) groups excluding carboxylic acids is 1. The van der Waals surface area contributed by atoms with E-state index in [1.807, 2.05) is 25.1 Å². The van der Waals surface area contributed by atoms with Crippen LogP contribution < -0.4 is 56.5 Å². The summed E-state index contributed by atoms with van der Waals surface area (Å²) < 4.78 is 0. The smallest absolute Gasteiger partial charge is 0.545 e. The van der Waals surface area contributed by atoms with Gasteiger partial charge in [-0.25, -0.2) is 4.98 Å². The summed E-state index contributed by atoms with van der Waals surface area (Å²) in [6, 6.07) is 15.8. The molecule has 0 aliphatic heterocycles. The Hall–Kier alpha value is -1.04. The second-order valence-corrected chi connectivity index (χ2v) is 7.32. The van der Waals surface area contributed by atoms with Crippen molar-refractivity contribution in [1.82, 2.24) is 4.98 Å². The van der Waals surface area contributed by atoms with Crippen molar-refractivity contribution in [1.29, 1.82) is 0 Å². The largest absolute Gasteiger partial charge is 1.00 e. The van der Waals surface area contributed by atoms with Gasteiger partial charge >= 0.3 is 51.4 Å².